The number of fused-ring (bicyclic) bond motifs is 5. The fraction of sp³-hybridized carbons (Fsp3) is 0.212. The van der Waals surface area contributed by atoms with Crippen molar-refractivity contribution in [2.45, 2.75) is 74.5 Å². The third-order valence-corrected chi connectivity index (χ3v) is 38.7. The van der Waals surface area contributed by atoms with Crippen molar-refractivity contribution in [3.05, 3.63) is 220 Å². The van der Waals surface area contributed by atoms with E-state index in [1.807, 2.05) is 0 Å². The Morgan fingerprint density at radius 3 is 1.26 bits per heavy atom. The molecule has 11 rings (SSSR count). The van der Waals surface area contributed by atoms with E-state index in [1.54, 1.807) is 0 Å². The fourth-order valence-corrected chi connectivity index (χ4v) is 41.2. The quantitative estimate of drug-likeness (QED) is 0.113. The SMILES string of the molecule is CC(C)C1=Cc2c(ccc(-c3ccccc3)c2-c2ccccc2C(C)C)[CH]1[Zr]([Cl])([Cl])([c]1cccc2c1[SiH2]c1ccccc1-2)[CH]1C(C(C)C)=Cc2c1ccc(-c1ccccc1)c2-c1ccccc1C(C)C. The number of halogens is 2. The Morgan fingerprint density at radius 1 is 0.386 bits per heavy atom. The van der Waals surface area contributed by atoms with Gasteiger partial charge in [0.1, 0.15) is 0 Å². The van der Waals surface area contributed by atoms with Gasteiger partial charge < -0.3 is 0 Å². The molecule has 1 aliphatic heterocycles. The Hall–Kier alpha value is -5.08. The van der Waals surface area contributed by atoms with E-state index < -0.39 is 25.9 Å². The summed E-state index contributed by atoms with van der Waals surface area (Å²) in [6.45, 7) is 18.8. The van der Waals surface area contributed by atoms with Crippen molar-refractivity contribution in [2.75, 3.05) is 0 Å². The van der Waals surface area contributed by atoms with Crippen LogP contribution in [0, 0.1) is 11.8 Å². The van der Waals surface area contributed by atoms with E-state index in [0.717, 1.165) is 0 Å². The van der Waals surface area contributed by atoms with E-state index in [2.05, 4.69) is 243 Å². The summed E-state index contributed by atoms with van der Waals surface area (Å²) in [5.74, 6) is 1.03. The topological polar surface area (TPSA) is 0 Å². The normalized spacial score (nSPS) is 16.9. The van der Waals surface area contributed by atoms with Crippen LogP contribution in [0.4, 0.5) is 0 Å². The monoisotopic (exact) mass is 1040 g/mol. The van der Waals surface area contributed by atoms with Crippen LogP contribution < -0.4 is 13.6 Å². The molecule has 0 N–H and O–H groups in total. The molecule has 1 heterocycles. The van der Waals surface area contributed by atoms with Crippen molar-refractivity contribution in [2.24, 2.45) is 11.8 Å². The van der Waals surface area contributed by atoms with Crippen LogP contribution in [0.3, 0.4) is 0 Å². The van der Waals surface area contributed by atoms with Crippen LogP contribution in [-0.2, 0) is 16.4 Å². The number of rotatable bonds is 11. The predicted octanol–water partition coefficient (Wildman–Crippen LogP) is 16.9. The standard InChI is InChI=1S/2C27H27.C12H9Si.2ClH.Zr/c2*1-18(2)22-16-21-14-15-24(20-10-6-5-7-11-20)27(26(21)17-22)25-13-9-8-12-23(25)19(3)4;1-3-7-11-9(5-1)10-6-2-4-8-12(10)13-11;;;/h2*5-19H,1-4H3;1-7H,13H2;2*1H;/q;;;;;+2/p-2. The van der Waals surface area contributed by atoms with Crippen LogP contribution in [0.1, 0.15) is 108 Å². The molecule has 8 aromatic carbocycles. The van der Waals surface area contributed by atoms with Crippen molar-refractivity contribution in [1.29, 1.82) is 0 Å². The van der Waals surface area contributed by atoms with Crippen molar-refractivity contribution in [1.82, 2.24) is 0 Å². The van der Waals surface area contributed by atoms with Gasteiger partial charge in [-0.15, -0.1) is 0 Å². The van der Waals surface area contributed by atoms with Crippen molar-refractivity contribution >= 4 is 52.3 Å². The van der Waals surface area contributed by atoms with Gasteiger partial charge in [0.15, 0.2) is 0 Å². The first kappa shape index (κ1) is 47.3. The molecule has 0 nitrogen and oxygen atoms in total. The van der Waals surface area contributed by atoms with Gasteiger partial charge in [-0.2, -0.15) is 0 Å². The molecule has 4 heteroatoms. The molecule has 0 radical (unpaired) electrons. The zero-order chi connectivity index (χ0) is 48.7. The van der Waals surface area contributed by atoms with Gasteiger partial charge in [0, 0.05) is 0 Å². The maximum absolute atomic E-state index is 9.68. The predicted molar refractivity (Wildman–Crippen MR) is 305 cm³/mol. The van der Waals surface area contributed by atoms with Crippen molar-refractivity contribution < 1.29 is 16.4 Å². The van der Waals surface area contributed by atoms with Crippen LogP contribution in [0.25, 0.3) is 67.8 Å². The molecular weight excluding hydrogens is 983 g/mol. The maximum atomic E-state index is 9.68. The van der Waals surface area contributed by atoms with Gasteiger partial charge >= 0.3 is 431 Å². The zero-order valence-electron chi connectivity index (χ0n) is 41.8. The molecule has 0 amide bonds. The molecule has 70 heavy (non-hydrogen) atoms. The summed E-state index contributed by atoms with van der Waals surface area (Å²) < 4.78 is 0.876. The average Bonchev–Trinajstić information content (AvgIpc) is 4.10. The first-order chi connectivity index (χ1) is 33.8. The molecule has 2 atom stereocenters. The second kappa shape index (κ2) is 18.2. The number of allylic oxidation sites excluding steroid dienone is 2. The van der Waals surface area contributed by atoms with Crippen LogP contribution in [0.5, 0.6) is 0 Å². The molecule has 2 aliphatic carbocycles. The van der Waals surface area contributed by atoms with E-state index >= 15 is 0 Å². The molecule has 0 aromatic heterocycles. The average molecular weight is 1050 g/mol. The summed E-state index contributed by atoms with van der Waals surface area (Å²) in [4.78, 5) is 0. The van der Waals surface area contributed by atoms with E-state index in [1.165, 1.54) is 114 Å². The molecule has 3 aliphatic rings. The molecular formula is C66H63Cl2SiZr. The van der Waals surface area contributed by atoms with Crippen LogP contribution in [0.2, 0.25) is 0 Å². The summed E-state index contributed by atoms with van der Waals surface area (Å²) in [7, 11) is 18.4. The Balaban J connectivity index is 1.27. The molecule has 0 fully saturated rings. The Bertz CT molecular complexity index is 3230. The molecule has 8 aromatic rings. The number of hydrogen-bond acceptors (Lipinski definition) is 0. The molecule has 2 unspecified atom stereocenters. The van der Waals surface area contributed by atoms with E-state index in [4.69, 9.17) is 0 Å². The minimum absolute atomic E-state index is 0.184. The summed E-state index contributed by atoms with van der Waals surface area (Å²) in [6, 6.07) is 66.0. The second-order valence-electron chi connectivity index (χ2n) is 21.5. The van der Waals surface area contributed by atoms with Gasteiger partial charge in [0.25, 0.3) is 0 Å². The number of hydrogen-bond donors (Lipinski definition) is 0. The third-order valence-electron chi connectivity index (χ3n) is 16.1. The van der Waals surface area contributed by atoms with Crippen LogP contribution in [-0.4, -0.2) is 9.52 Å². The van der Waals surface area contributed by atoms with Gasteiger partial charge in [-0.3, -0.25) is 0 Å². The third kappa shape index (κ3) is 7.45. The van der Waals surface area contributed by atoms with E-state index in [9.17, 15) is 17.0 Å². The van der Waals surface area contributed by atoms with Gasteiger partial charge in [-0.05, 0) is 0 Å². The Labute approximate surface area is 427 Å². The summed E-state index contributed by atoms with van der Waals surface area (Å²) >= 11 is -5.92. The van der Waals surface area contributed by atoms with E-state index in [-0.39, 0.29) is 19.1 Å². The summed E-state index contributed by atoms with van der Waals surface area (Å²) in [5, 5.41) is 2.93. The fourth-order valence-electron chi connectivity index (χ4n) is 13.0. The summed E-state index contributed by atoms with van der Waals surface area (Å²) in [6.07, 6.45) is 5.13. The van der Waals surface area contributed by atoms with Gasteiger partial charge in [-0.25, -0.2) is 0 Å². The van der Waals surface area contributed by atoms with E-state index in [0.29, 0.717) is 11.8 Å². The summed E-state index contributed by atoms with van der Waals surface area (Å²) in [5.41, 5.74) is 23.3. The Morgan fingerprint density at radius 2 is 0.800 bits per heavy atom. The first-order valence-corrected chi connectivity index (χ1v) is 37.4. The van der Waals surface area contributed by atoms with Crippen LogP contribution in [0.15, 0.2) is 187 Å². The van der Waals surface area contributed by atoms with Gasteiger partial charge in [0.2, 0.25) is 0 Å². The van der Waals surface area contributed by atoms with Crippen LogP contribution >= 0.6 is 17.0 Å². The molecule has 349 valence electrons. The molecule has 0 bridgehead atoms. The molecule has 0 saturated heterocycles. The number of benzene rings is 8. The van der Waals surface area contributed by atoms with Gasteiger partial charge in [-0.1, -0.05) is 0 Å². The molecule has 0 spiro atoms. The second-order valence-corrected chi connectivity index (χ2v) is 43.9. The van der Waals surface area contributed by atoms with Crippen molar-refractivity contribution in [3.63, 3.8) is 0 Å². The van der Waals surface area contributed by atoms with Crippen molar-refractivity contribution in [3.8, 4) is 55.6 Å². The minimum atomic E-state index is -5.92. The van der Waals surface area contributed by atoms with Gasteiger partial charge in [0.05, 0.1) is 0 Å². The molecule has 0 saturated carbocycles. The first-order valence-electron chi connectivity index (χ1n) is 25.6. The Kier molecular flexibility index (Phi) is 12.3. The zero-order valence-corrected chi connectivity index (χ0v) is 47.2.